The topological polar surface area (TPSA) is 53.2 Å². The van der Waals surface area contributed by atoms with E-state index < -0.39 is 5.92 Å². The molecule has 0 unspecified atom stereocenters. The molecule has 0 aromatic heterocycles. The van der Waals surface area contributed by atoms with Crippen LogP contribution >= 0.6 is 28.1 Å². The van der Waals surface area contributed by atoms with Gasteiger partial charge in [0.25, 0.3) is 0 Å². The van der Waals surface area contributed by atoms with Crippen molar-refractivity contribution >= 4 is 44.9 Å². The highest BCUT2D eigenvalue weighted by Crippen LogP contribution is 2.31. The first-order chi connectivity index (χ1) is 12.3. The van der Waals surface area contributed by atoms with E-state index in [4.69, 9.17) is 12.2 Å². The first-order valence-electron chi connectivity index (χ1n) is 8.24. The summed E-state index contributed by atoms with van der Waals surface area (Å²) >= 11 is 8.70. The minimum Gasteiger partial charge on any atom is -0.354 e. The van der Waals surface area contributed by atoms with E-state index >= 15 is 0 Å². The van der Waals surface area contributed by atoms with Gasteiger partial charge in [-0.3, -0.25) is 4.79 Å². The molecule has 3 N–H and O–H groups in total. The van der Waals surface area contributed by atoms with Crippen LogP contribution in [0.4, 0.5) is 5.69 Å². The molecule has 2 aromatic carbocycles. The van der Waals surface area contributed by atoms with E-state index in [0.717, 1.165) is 26.9 Å². The van der Waals surface area contributed by atoms with Crippen molar-refractivity contribution in [3.63, 3.8) is 0 Å². The molecule has 0 spiro atoms. The summed E-state index contributed by atoms with van der Waals surface area (Å²) < 4.78 is 0.979. The van der Waals surface area contributed by atoms with Gasteiger partial charge in [0.15, 0.2) is 5.11 Å². The number of hydrogen-bond acceptors (Lipinski definition) is 2. The maximum absolute atomic E-state index is 13.1. The highest BCUT2D eigenvalue weighted by Gasteiger charge is 2.36. The van der Waals surface area contributed by atoms with E-state index in [0.29, 0.717) is 10.8 Å². The molecule has 2 atom stereocenters. The summed E-state index contributed by atoms with van der Waals surface area (Å²) in [5.74, 6) is -0.626. The normalized spacial score (nSPS) is 19.5. The zero-order valence-electron chi connectivity index (χ0n) is 14.6. The molecule has 1 heterocycles. The van der Waals surface area contributed by atoms with Gasteiger partial charge in [-0.25, -0.2) is 0 Å². The Morgan fingerprint density at radius 2 is 1.77 bits per heavy atom. The lowest BCUT2D eigenvalue weighted by molar-refractivity contribution is -0.119. The molecule has 0 saturated carbocycles. The number of benzene rings is 2. The summed E-state index contributed by atoms with van der Waals surface area (Å²) in [6.07, 6.45) is 0. The SMILES string of the molecule is C=C1NC(=S)N[C@@H](c2ccc(Br)cc2)[C@H]1C(=O)Nc1cc(C)cc(C)c1. The van der Waals surface area contributed by atoms with Crippen molar-refractivity contribution in [2.45, 2.75) is 19.9 Å². The Morgan fingerprint density at radius 3 is 2.38 bits per heavy atom. The summed E-state index contributed by atoms with van der Waals surface area (Å²) in [4.78, 5) is 13.1. The molecule has 0 aliphatic carbocycles. The molecule has 1 aliphatic heterocycles. The van der Waals surface area contributed by atoms with Crippen LogP contribution in [0.15, 0.2) is 59.2 Å². The highest BCUT2D eigenvalue weighted by atomic mass is 79.9. The van der Waals surface area contributed by atoms with Gasteiger partial charge in [-0.2, -0.15) is 0 Å². The molecule has 3 rings (SSSR count). The predicted octanol–water partition coefficient (Wildman–Crippen LogP) is 4.35. The van der Waals surface area contributed by atoms with Crippen LogP contribution in [-0.2, 0) is 4.79 Å². The summed E-state index contributed by atoms with van der Waals surface area (Å²) in [6, 6.07) is 13.5. The fraction of sp³-hybridized carbons (Fsp3) is 0.200. The maximum Gasteiger partial charge on any atom is 0.235 e. The quantitative estimate of drug-likeness (QED) is 0.634. The number of amides is 1. The number of nitrogens with one attached hydrogen (secondary N) is 3. The minimum atomic E-state index is -0.497. The smallest absolute Gasteiger partial charge is 0.235 e. The number of anilines is 1. The molecule has 1 fully saturated rings. The molecular formula is C20H20BrN3OS. The van der Waals surface area contributed by atoms with Gasteiger partial charge in [-0.15, -0.1) is 0 Å². The van der Waals surface area contributed by atoms with E-state index in [1.807, 2.05) is 50.2 Å². The second-order valence-corrected chi connectivity index (χ2v) is 7.82. The number of carbonyl (C=O) groups is 1. The van der Waals surface area contributed by atoms with Crippen LogP contribution in [0.5, 0.6) is 0 Å². The van der Waals surface area contributed by atoms with Crippen molar-refractivity contribution in [2.75, 3.05) is 5.32 Å². The average Bonchev–Trinajstić information content (AvgIpc) is 2.53. The molecule has 1 saturated heterocycles. The van der Waals surface area contributed by atoms with Crippen LogP contribution in [-0.4, -0.2) is 11.0 Å². The lowest BCUT2D eigenvalue weighted by atomic mass is 9.88. The second-order valence-electron chi connectivity index (χ2n) is 6.50. The van der Waals surface area contributed by atoms with Crippen molar-refractivity contribution in [3.05, 3.63) is 75.9 Å². The van der Waals surface area contributed by atoms with Crippen molar-refractivity contribution in [2.24, 2.45) is 5.92 Å². The molecule has 134 valence electrons. The fourth-order valence-electron chi connectivity index (χ4n) is 3.21. The zero-order valence-corrected chi connectivity index (χ0v) is 17.0. The summed E-state index contributed by atoms with van der Waals surface area (Å²) in [5.41, 5.74) is 4.54. The van der Waals surface area contributed by atoms with Gasteiger partial charge in [-0.05, 0) is 67.0 Å². The fourth-order valence-corrected chi connectivity index (χ4v) is 3.73. The van der Waals surface area contributed by atoms with Crippen molar-refractivity contribution in [3.8, 4) is 0 Å². The molecule has 26 heavy (non-hydrogen) atoms. The number of thiocarbonyl (C=S) groups is 1. The number of hydrogen-bond donors (Lipinski definition) is 3. The highest BCUT2D eigenvalue weighted by molar-refractivity contribution is 9.10. The van der Waals surface area contributed by atoms with Crippen LogP contribution in [0.25, 0.3) is 0 Å². The lowest BCUT2D eigenvalue weighted by Crippen LogP contribution is -2.51. The standard InChI is InChI=1S/C20H20BrN3OS/c1-11-8-12(2)10-16(9-11)23-19(25)17-13(3)22-20(26)24-18(17)14-4-6-15(21)7-5-14/h4-10,17-18H,3H2,1-2H3,(H,23,25)(H2,22,24,26)/t17-,18-/m0/s1. The van der Waals surface area contributed by atoms with Crippen molar-refractivity contribution in [1.29, 1.82) is 0 Å². The van der Waals surface area contributed by atoms with Gasteiger partial charge in [-0.1, -0.05) is 40.7 Å². The Labute approximate surface area is 167 Å². The van der Waals surface area contributed by atoms with Crippen LogP contribution in [0.1, 0.15) is 22.7 Å². The summed E-state index contributed by atoms with van der Waals surface area (Å²) in [7, 11) is 0. The lowest BCUT2D eigenvalue weighted by Gasteiger charge is -2.35. The average molecular weight is 430 g/mol. The van der Waals surface area contributed by atoms with Crippen LogP contribution in [0, 0.1) is 19.8 Å². The van der Waals surface area contributed by atoms with E-state index in [1.165, 1.54) is 0 Å². The number of rotatable bonds is 3. The van der Waals surface area contributed by atoms with Gasteiger partial charge in [0.2, 0.25) is 5.91 Å². The number of aryl methyl sites for hydroxylation is 2. The zero-order chi connectivity index (χ0) is 18.8. The van der Waals surface area contributed by atoms with E-state index in [2.05, 4.69) is 44.5 Å². The second kappa shape index (κ2) is 7.60. The molecular weight excluding hydrogens is 410 g/mol. The Morgan fingerprint density at radius 1 is 1.15 bits per heavy atom. The maximum atomic E-state index is 13.1. The van der Waals surface area contributed by atoms with Crippen LogP contribution in [0.3, 0.4) is 0 Å². The van der Waals surface area contributed by atoms with Crippen LogP contribution < -0.4 is 16.0 Å². The molecule has 4 nitrogen and oxygen atoms in total. The van der Waals surface area contributed by atoms with E-state index in [9.17, 15) is 4.79 Å². The molecule has 0 radical (unpaired) electrons. The Kier molecular flexibility index (Phi) is 5.44. The molecule has 1 amide bonds. The number of carbonyl (C=O) groups excluding carboxylic acids is 1. The largest absolute Gasteiger partial charge is 0.354 e. The van der Waals surface area contributed by atoms with E-state index in [-0.39, 0.29) is 11.9 Å². The summed E-state index contributed by atoms with van der Waals surface area (Å²) in [5, 5.41) is 9.68. The first-order valence-corrected chi connectivity index (χ1v) is 9.44. The van der Waals surface area contributed by atoms with Gasteiger partial charge in [0.05, 0.1) is 6.04 Å². The van der Waals surface area contributed by atoms with Crippen molar-refractivity contribution in [1.82, 2.24) is 10.6 Å². The molecule has 6 heteroatoms. The predicted molar refractivity (Wildman–Crippen MR) is 113 cm³/mol. The van der Waals surface area contributed by atoms with Gasteiger partial charge in [0.1, 0.15) is 5.92 Å². The summed E-state index contributed by atoms with van der Waals surface area (Å²) in [6.45, 7) is 8.05. The third-order valence-corrected chi connectivity index (χ3v) is 5.02. The third kappa shape index (κ3) is 4.14. The van der Waals surface area contributed by atoms with Gasteiger partial charge >= 0.3 is 0 Å². The van der Waals surface area contributed by atoms with E-state index in [1.54, 1.807) is 0 Å². The Hall–Kier alpha value is -2.18. The van der Waals surface area contributed by atoms with Crippen LogP contribution in [0.2, 0.25) is 0 Å². The molecule has 2 aromatic rings. The van der Waals surface area contributed by atoms with Gasteiger partial charge in [0, 0.05) is 15.9 Å². The van der Waals surface area contributed by atoms with Gasteiger partial charge < -0.3 is 16.0 Å². The minimum absolute atomic E-state index is 0.129. The number of halogens is 1. The Balaban J connectivity index is 1.90. The first kappa shape index (κ1) is 18.6. The monoisotopic (exact) mass is 429 g/mol. The third-order valence-electron chi connectivity index (χ3n) is 4.27. The Bertz CT molecular complexity index is 859. The van der Waals surface area contributed by atoms with Crippen molar-refractivity contribution < 1.29 is 4.79 Å². The molecule has 1 aliphatic rings. The molecule has 0 bridgehead atoms.